The molecule has 1 unspecified atom stereocenters. The second-order valence-electron chi connectivity index (χ2n) is 5.26. The summed E-state index contributed by atoms with van der Waals surface area (Å²) in [5, 5.41) is 2.74. The van der Waals surface area contributed by atoms with E-state index in [-0.39, 0.29) is 11.3 Å². The Kier molecular flexibility index (Phi) is 4.01. The van der Waals surface area contributed by atoms with Crippen LogP contribution in [0.15, 0.2) is 18.3 Å². The standard InChI is InChI=1S/C13H21N5O/c1-13(12(19)15-2)5-7-18(9-13)8-10-4-3-6-16-11(10)17-14/h3-4,6H,5,7-9,14H2,1-2H3,(H,15,19)(H,16,17). The third kappa shape index (κ3) is 2.85. The average molecular weight is 263 g/mol. The smallest absolute Gasteiger partial charge is 0.227 e. The van der Waals surface area contributed by atoms with Gasteiger partial charge in [0.25, 0.3) is 0 Å². The minimum absolute atomic E-state index is 0.110. The molecule has 1 aliphatic heterocycles. The highest BCUT2D eigenvalue weighted by molar-refractivity contribution is 5.82. The topological polar surface area (TPSA) is 83.3 Å². The Bertz CT molecular complexity index is 464. The molecule has 1 atom stereocenters. The molecular weight excluding hydrogens is 242 g/mol. The van der Waals surface area contributed by atoms with Gasteiger partial charge in [-0.15, -0.1) is 0 Å². The molecular formula is C13H21N5O. The number of hydrogen-bond donors (Lipinski definition) is 3. The molecule has 1 amide bonds. The molecule has 4 N–H and O–H groups in total. The van der Waals surface area contributed by atoms with Gasteiger partial charge in [0.2, 0.25) is 5.91 Å². The Morgan fingerprint density at radius 2 is 2.42 bits per heavy atom. The third-order valence-electron chi connectivity index (χ3n) is 3.75. The van der Waals surface area contributed by atoms with Crippen LogP contribution in [0.5, 0.6) is 0 Å². The van der Waals surface area contributed by atoms with E-state index < -0.39 is 0 Å². The summed E-state index contributed by atoms with van der Waals surface area (Å²) >= 11 is 0. The van der Waals surface area contributed by atoms with E-state index in [0.717, 1.165) is 31.6 Å². The first-order valence-electron chi connectivity index (χ1n) is 6.44. The Morgan fingerprint density at radius 3 is 3.11 bits per heavy atom. The van der Waals surface area contributed by atoms with Crippen molar-refractivity contribution in [1.82, 2.24) is 15.2 Å². The maximum Gasteiger partial charge on any atom is 0.227 e. The van der Waals surface area contributed by atoms with E-state index in [0.29, 0.717) is 5.82 Å². The van der Waals surface area contributed by atoms with Crippen molar-refractivity contribution in [3.05, 3.63) is 23.9 Å². The van der Waals surface area contributed by atoms with Crippen molar-refractivity contribution in [3.8, 4) is 0 Å². The number of nitrogen functional groups attached to an aromatic ring is 1. The Labute approximate surface area is 113 Å². The van der Waals surface area contributed by atoms with Crippen molar-refractivity contribution >= 4 is 11.7 Å². The highest BCUT2D eigenvalue weighted by Gasteiger charge is 2.39. The minimum Gasteiger partial charge on any atom is -0.359 e. The molecule has 1 aromatic heterocycles. The summed E-state index contributed by atoms with van der Waals surface area (Å²) in [6.07, 6.45) is 2.58. The van der Waals surface area contributed by atoms with Gasteiger partial charge in [-0.25, -0.2) is 10.8 Å². The summed E-state index contributed by atoms with van der Waals surface area (Å²) in [5.41, 5.74) is 3.36. The maximum absolute atomic E-state index is 11.9. The highest BCUT2D eigenvalue weighted by atomic mass is 16.2. The number of hydrazine groups is 1. The number of nitrogens with zero attached hydrogens (tertiary/aromatic N) is 2. The summed E-state index contributed by atoms with van der Waals surface area (Å²) in [6, 6.07) is 3.89. The van der Waals surface area contributed by atoms with Crippen molar-refractivity contribution in [2.45, 2.75) is 19.9 Å². The van der Waals surface area contributed by atoms with Gasteiger partial charge < -0.3 is 10.7 Å². The lowest BCUT2D eigenvalue weighted by Gasteiger charge is -2.23. The second kappa shape index (κ2) is 5.54. The molecule has 1 aliphatic rings. The number of hydrogen-bond acceptors (Lipinski definition) is 5. The molecule has 0 spiro atoms. The molecule has 19 heavy (non-hydrogen) atoms. The Hall–Kier alpha value is -1.66. The normalized spacial score (nSPS) is 23.3. The first-order valence-corrected chi connectivity index (χ1v) is 6.44. The van der Waals surface area contributed by atoms with Crippen LogP contribution in [0.25, 0.3) is 0 Å². The van der Waals surface area contributed by atoms with Gasteiger partial charge in [-0.3, -0.25) is 9.69 Å². The quantitative estimate of drug-likeness (QED) is 0.538. The van der Waals surface area contributed by atoms with Crippen LogP contribution in [-0.4, -0.2) is 35.9 Å². The van der Waals surface area contributed by atoms with E-state index in [1.54, 1.807) is 13.2 Å². The van der Waals surface area contributed by atoms with Crippen LogP contribution in [-0.2, 0) is 11.3 Å². The van der Waals surface area contributed by atoms with Crippen molar-refractivity contribution in [1.29, 1.82) is 0 Å². The molecule has 0 aliphatic carbocycles. The second-order valence-corrected chi connectivity index (χ2v) is 5.26. The molecule has 0 saturated carbocycles. The molecule has 104 valence electrons. The number of rotatable bonds is 4. The predicted molar refractivity (Wildman–Crippen MR) is 74.1 cm³/mol. The van der Waals surface area contributed by atoms with Crippen molar-refractivity contribution in [2.24, 2.45) is 11.3 Å². The van der Waals surface area contributed by atoms with Crippen LogP contribution in [0.2, 0.25) is 0 Å². The number of carbonyl (C=O) groups excluding carboxylic acids is 1. The van der Waals surface area contributed by atoms with E-state index in [9.17, 15) is 4.79 Å². The molecule has 2 rings (SSSR count). The molecule has 1 aromatic rings. The van der Waals surface area contributed by atoms with Crippen LogP contribution in [0.1, 0.15) is 18.9 Å². The molecule has 0 radical (unpaired) electrons. The van der Waals surface area contributed by atoms with Gasteiger partial charge in [0.15, 0.2) is 0 Å². The number of likely N-dealkylation sites (tertiary alicyclic amines) is 1. The zero-order chi connectivity index (χ0) is 13.9. The maximum atomic E-state index is 11.9. The van der Waals surface area contributed by atoms with Crippen LogP contribution in [0.4, 0.5) is 5.82 Å². The zero-order valence-corrected chi connectivity index (χ0v) is 11.4. The first-order chi connectivity index (χ1) is 9.09. The van der Waals surface area contributed by atoms with E-state index in [2.05, 4.69) is 20.6 Å². The number of nitrogens with one attached hydrogen (secondary N) is 2. The average Bonchev–Trinajstić information content (AvgIpc) is 2.81. The number of carbonyl (C=O) groups is 1. The van der Waals surface area contributed by atoms with E-state index >= 15 is 0 Å². The van der Waals surface area contributed by atoms with E-state index in [1.807, 2.05) is 19.1 Å². The number of anilines is 1. The Balaban J connectivity index is 2.04. The first kappa shape index (κ1) is 13.8. The number of pyridine rings is 1. The van der Waals surface area contributed by atoms with Gasteiger partial charge in [0, 0.05) is 31.9 Å². The highest BCUT2D eigenvalue weighted by Crippen LogP contribution is 2.31. The van der Waals surface area contributed by atoms with Crippen LogP contribution in [0.3, 0.4) is 0 Å². The summed E-state index contributed by atoms with van der Waals surface area (Å²) in [5.74, 6) is 6.25. The molecule has 6 heteroatoms. The van der Waals surface area contributed by atoms with Crippen molar-refractivity contribution in [3.63, 3.8) is 0 Å². The van der Waals surface area contributed by atoms with E-state index in [4.69, 9.17) is 5.84 Å². The molecule has 6 nitrogen and oxygen atoms in total. The predicted octanol–water partition coefficient (Wildman–Crippen LogP) is 0.325. The van der Waals surface area contributed by atoms with Gasteiger partial charge in [-0.1, -0.05) is 6.07 Å². The fourth-order valence-corrected chi connectivity index (χ4v) is 2.62. The lowest BCUT2D eigenvalue weighted by atomic mass is 9.89. The van der Waals surface area contributed by atoms with Gasteiger partial charge in [-0.2, -0.15) is 0 Å². The largest absolute Gasteiger partial charge is 0.359 e. The fourth-order valence-electron chi connectivity index (χ4n) is 2.62. The summed E-state index contributed by atoms with van der Waals surface area (Å²) < 4.78 is 0. The lowest BCUT2D eigenvalue weighted by Crippen LogP contribution is -2.39. The Morgan fingerprint density at radius 1 is 1.63 bits per heavy atom. The number of nitrogens with two attached hydrogens (primary N) is 1. The van der Waals surface area contributed by atoms with Gasteiger partial charge in [-0.05, 0) is 26.0 Å². The molecule has 1 fully saturated rings. The van der Waals surface area contributed by atoms with Crippen molar-refractivity contribution < 1.29 is 4.79 Å². The lowest BCUT2D eigenvalue weighted by molar-refractivity contribution is -0.129. The summed E-state index contributed by atoms with van der Waals surface area (Å²) in [7, 11) is 1.69. The molecule has 0 bridgehead atoms. The number of amides is 1. The number of aromatic nitrogens is 1. The van der Waals surface area contributed by atoms with Gasteiger partial charge in [0.1, 0.15) is 5.82 Å². The van der Waals surface area contributed by atoms with Crippen LogP contribution in [0, 0.1) is 5.41 Å². The fraction of sp³-hybridized carbons (Fsp3) is 0.538. The van der Waals surface area contributed by atoms with E-state index in [1.165, 1.54) is 0 Å². The monoisotopic (exact) mass is 263 g/mol. The van der Waals surface area contributed by atoms with Crippen molar-refractivity contribution in [2.75, 3.05) is 25.6 Å². The van der Waals surface area contributed by atoms with Gasteiger partial charge >= 0.3 is 0 Å². The summed E-state index contributed by atoms with van der Waals surface area (Å²) in [6.45, 7) is 4.42. The third-order valence-corrected chi connectivity index (χ3v) is 3.75. The minimum atomic E-state index is -0.298. The van der Waals surface area contributed by atoms with Crippen LogP contribution < -0.4 is 16.6 Å². The summed E-state index contributed by atoms with van der Waals surface area (Å²) in [4.78, 5) is 18.3. The van der Waals surface area contributed by atoms with Crippen LogP contribution >= 0.6 is 0 Å². The van der Waals surface area contributed by atoms with Gasteiger partial charge in [0.05, 0.1) is 5.41 Å². The SMILES string of the molecule is CNC(=O)C1(C)CCN(Cc2cccnc2NN)C1. The zero-order valence-electron chi connectivity index (χ0n) is 11.4. The molecule has 0 aromatic carbocycles. The molecule has 1 saturated heterocycles. The molecule has 2 heterocycles.